The number of hydrogen-bond donors (Lipinski definition) is 1. The average molecular weight is 234 g/mol. The second-order valence-corrected chi connectivity index (χ2v) is 5.32. The molecule has 1 N–H and O–H groups in total. The second-order valence-electron chi connectivity index (χ2n) is 3.13. The average Bonchev–Trinajstić information content (AvgIpc) is 2.01. The highest BCUT2D eigenvalue weighted by molar-refractivity contribution is 7.88. The minimum Gasteiger partial charge on any atom is -0.213 e. The molecule has 14 heavy (non-hydrogen) atoms. The highest BCUT2D eigenvalue weighted by Gasteiger charge is 2.12. The van der Waals surface area contributed by atoms with Crippen molar-refractivity contribution in [3.63, 3.8) is 0 Å². The second kappa shape index (κ2) is 4.29. The Morgan fingerprint density at radius 3 is 2.43 bits per heavy atom. The highest BCUT2D eigenvalue weighted by Crippen LogP contribution is 2.22. The smallest absolute Gasteiger partial charge is 0.209 e. The molecule has 0 radical (unpaired) electrons. The largest absolute Gasteiger partial charge is 0.213 e. The summed E-state index contributed by atoms with van der Waals surface area (Å²) in [5, 5.41) is 0.566. The number of hydrogen-bond acceptors (Lipinski definition) is 2. The molecule has 0 spiro atoms. The zero-order valence-electron chi connectivity index (χ0n) is 7.99. The zero-order chi connectivity index (χ0) is 10.8. The van der Waals surface area contributed by atoms with Crippen LogP contribution in [0.25, 0.3) is 0 Å². The maximum absolute atomic E-state index is 11.0. The Morgan fingerprint density at radius 1 is 1.36 bits per heavy atom. The topological polar surface area (TPSA) is 46.2 Å². The normalized spacial score (nSPS) is 13.9. The number of nitrogens with one attached hydrogen (secondary N) is 1. The molecular formula is C9H12ClNO2S. The van der Waals surface area contributed by atoms with Gasteiger partial charge in [0.1, 0.15) is 0 Å². The molecule has 5 heteroatoms. The van der Waals surface area contributed by atoms with Crippen molar-refractivity contribution < 1.29 is 8.42 Å². The van der Waals surface area contributed by atoms with Crippen LogP contribution in [0.3, 0.4) is 0 Å². The first-order valence-corrected chi connectivity index (χ1v) is 6.39. The van der Waals surface area contributed by atoms with E-state index in [9.17, 15) is 8.42 Å². The van der Waals surface area contributed by atoms with E-state index in [0.29, 0.717) is 5.02 Å². The summed E-state index contributed by atoms with van der Waals surface area (Å²) in [7, 11) is -3.20. The van der Waals surface area contributed by atoms with Gasteiger partial charge < -0.3 is 0 Å². The molecule has 78 valence electrons. The Bertz CT molecular complexity index is 417. The molecular weight excluding hydrogens is 222 g/mol. The molecule has 0 aliphatic carbocycles. The molecule has 1 aromatic rings. The maximum Gasteiger partial charge on any atom is 0.209 e. The van der Waals surface area contributed by atoms with Crippen LogP contribution in [0.5, 0.6) is 0 Å². The van der Waals surface area contributed by atoms with Gasteiger partial charge in [-0.05, 0) is 18.6 Å². The molecule has 1 aromatic carbocycles. The standard InChI is InChI=1S/C9H12ClNO2S/c1-7(11-14(2,12)13)8-5-3-4-6-9(8)10/h3-7,11H,1-2H3. The molecule has 0 fully saturated rings. The van der Waals surface area contributed by atoms with Gasteiger partial charge in [-0.25, -0.2) is 13.1 Å². The van der Waals surface area contributed by atoms with Gasteiger partial charge in [0.25, 0.3) is 0 Å². The fourth-order valence-corrected chi connectivity index (χ4v) is 2.28. The quantitative estimate of drug-likeness (QED) is 0.868. The lowest BCUT2D eigenvalue weighted by Crippen LogP contribution is -2.25. The van der Waals surface area contributed by atoms with Crippen molar-refractivity contribution in [3.8, 4) is 0 Å². The van der Waals surface area contributed by atoms with E-state index in [1.54, 1.807) is 25.1 Å². The highest BCUT2D eigenvalue weighted by atomic mass is 35.5. The molecule has 0 aliphatic rings. The van der Waals surface area contributed by atoms with E-state index in [1.165, 1.54) is 0 Å². The first-order chi connectivity index (χ1) is 6.40. The van der Waals surface area contributed by atoms with Gasteiger partial charge >= 0.3 is 0 Å². The Morgan fingerprint density at radius 2 is 1.93 bits per heavy atom. The maximum atomic E-state index is 11.0. The molecule has 0 aliphatic heterocycles. The molecule has 1 unspecified atom stereocenters. The van der Waals surface area contributed by atoms with Crippen LogP contribution in [0.1, 0.15) is 18.5 Å². The van der Waals surface area contributed by atoms with E-state index < -0.39 is 10.0 Å². The van der Waals surface area contributed by atoms with E-state index in [-0.39, 0.29) is 6.04 Å². The lowest BCUT2D eigenvalue weighted by molar-refractivity contribution is 0.573. The minimum absolute atomic E-state index is 0.307. The van der Waals surface area contributed by atoms with Crippen molar-refractivity contribution in [2.24, 2.45) is 0 Å². The minimum atomic E-state index is -3.20. The van der Waals surface area contributed by atoms with Crippen LogP contribution < -0.4 is 4.72 Å². The molecule has 0 heterocycles. The molecule has 0 aromatic heterocycles. The monoisotopic (exact) mass is 233 g/mol. The summed E-state index contributed by atoms with van der Waals surface area (Å²) in [4.78, 5) is 0. The van der Waals surface area contributed by atoms with Gasteiger partial charge in [-0.15, -0.1) is 0 Å². The van der Waals surface area contributed by atoms with Crippen LogP contribution in [-0.2, 0) is 10.0 Å². The Hall–Kier alpha value is -0.580. The van der Waals surface area contributed by atoms with Crippen LogP contribution in [0.15, 0.2) is 24.3 Å². The summed E-state index contributed by atoms with van der Waals surface area (Å²) in [5.41, 5.74) is 0.777. The summed E-state index contributed by atoms with van der Waals surface area (Å²) in [6, 6.07) is 6.85. The number of sulfonamides is 1. The first-order valence-electron chi connectivity index (χ1n) is 4.12. The molecule has 0 bridgehead atoms. The third-order valence-electron chi connectivity index (χ3n) is 1.76. The molecule has 3 nitrogen and oxygen atoms in total. The van der Waals surface area contributed by atoms with E-state index in [2.05, 4.69) is 4.72 Å². The fraction of sp³-hybridized carbons (Fsp3) is 0.333. The predicted octanol–water partition coefficient (Wildman–Crippen LogP) is 1.95. The van der Waals surface area contributed by atoms with Crippen molar-refractivity contribution >= 4 is 21.6 Å². The van der Waals surface area contributed by atoms with E-state index >= 15 is 0 Å². The van der Waals surface area contributed by atoms with Crippen LogP contribution in [0, 0.1) is 0 Å². The molecule has 1 rings (SSSR count). The summed E-state index contributed by atoms with van der Waals surface area (Å²) in [6.07, 6.45) is 1.13. The zero-order valence-corrected chi connectivity index (χ0v) is 9.56. The van der Waals surface area contributed by atoms with Crippen molar-refractivity contribution in [2.45, 2.75) is 13.0 Å². The SMILES string of the molecule is CC(NS(C)(=O)=O)c1ccccc1Cl. The molecule has 1 atom stereocenters. The van der Waals surface area contributed by atoms with Crippen molar-refractivity contribution in [1.82, 2.24) is 4.72 Å². The van der Waals surface area contributed by atoms with Crippen LogP contribution in [-0.4, -0.2) is 14.7 Å². The van der Waals surface area contributed by atoms with Crippen molar-refractivity contribution in [3.05, 3.63) is 34.9 Å². The van der Waals surface area contributed by atoms with Gasteiger partial charge in [-0.2, -0.15) is 0 Å². The van der Waals surface area contributed by atoms with Gasteiger partial charge in [-0.3, -0.25) is 0 Å². The number of rotatable bonds is 3. The van der Waals surface area contributed by atoms with Crippen molar-refractivity contribution in [1.29, 1.82) is 0 Å². The third kappa shape index (κ3) is 3.29. The lowest BCUT2D eigenvalue weighted by atomic mass is 10.1. The van der Waals surface area contributed by atoms with Gasteiger partial charge in [0.15, 0.2) is 0 Å². The van der Waals surface area contributed by atoms with Crippen LogP contribution in [0.2, 0.25) is 5.02 Å². The van der Waals surface area contributed by atoms with Gasteiger partial charge in [-0.1, -0.05) is 29.8 Å². The van der Waals surface area contributed by atoms with E-state index in [1.807, 2.05) is 6.07 Å². The van der Waals surface area contributed by atoms with Crippen LogP contribution >= 0.6 is 11.6 Å². The summed E-state index contributed by atoms with van der Waals surface area (Å²) in [5.74, 6) is 0. The fourth-order valence-electron chi connectivity index (χ4n) is 1.21. The summed E-state index contributed by atoms with van der Waals surface area (Å²) >= 11 is 5.91. The van der Waals surface area contributed by atoms with Gasteiger partial charge in [0.2, 0.25) is 10.0 Å². The van der Waals surface area contributed by atoms with Gasteiger partial charge in [0.05, 0.1) is 6.26 Å². The number of benzene rings is 1. The first kappa shape index (κ1) is 11.5. The molecule has 0 amide bonds. The lowest BCUT2D eigenvalue weighted by Gasteiger charge is -2.13. The Balaban J connectivity index is 2.90. The summed E-state index contributed by atoms with van der Waals surface area (Å²) in [6.45, 7) is 1.75. The van der Waals surface area contributed by atoms with Gasteiger partial charge in [0, 0.05) is 11.1 Å². The predicted molar refractivity (Wildman–Crippen MR) is 57.8 cm³/mol. The van der Waals surface area contributed by atoms with Crippen molar-refractivity contribution in [2.75, 3.05) is 6.26 Å². The van der Waals surface area contributed by atoms with Crippen LogP contribution in [0.4, 0.5) is 0 Å². The summed E-state index contributed by atoms with van der Waals surface area (Å²) < 4.78 is 24.4. The van der Waals surface area contributed by atoms with E-state index in [4.69, 9.17) is 11.6 Å². The molecule has 0 saturated heterocycles. The Labute approximate surface area is 89.1 Å². The third-order valence-corrected chi connectivity index (χ3v) is 2.89. The molecule has 0 saturated carbocycles. The number of halogens is 1. The van der Waals surface area contributed by atoms with E-state index in [0.717, 1.165) is 11.8 Å². The Kier molecular flexibility index (Phi) is 3.53.